The highest BCUT2D eigenvalue weighted by Crippen LogP contribution is 2.31. The standard InChI is InChI=1S/C17H12N4O2S/c22-16(23)14-4-2-1-3-13(14)15-20-21-17(24-15)19-12-6-5-10-8-18-9-11(10)7-12/h1-7,9H,8H2,(H,19,21)(H,22,23). The molecule has 6 nitrogen and oxygen atoms in total. The highest BCUT2D eigenvalue weighted by atomic mass is 32.1. The number of carboxylic acid groups (broad SMARTS) is 1. The van der Waals surface area contributed by atoms with Gasteiger partial charge in [-0.1, -0.05) is 35.6 Å². The third-order valence-electron chi connectivity index (χ3n) is 3.70. The first kappa shape index (κ1) is 14.5. The topological polar surface area (TPSA) is 87.5 Å². The molecule has 1 aliphatic rings. The van der Waals surface area contributed by atoms with Gasteiger partial charge in [0.15, 0.2) is 0 Å². The summed E-state index contributed by atoms with van der Waals surface area (Å²) in [6, 6.07) is 12.8. The normalized spacial score (nSPS) is 12.2. The van der Waals surface area contributed by atoms with E-state index in [2.05, 4.69) is 20.5 Å². The van der Waals surface area contributed by atoms with Gasteiger partial charge in [-0.15, -0.1) is 10.2 Å². The minimum atomic E-state index is -0.979. The lowest BCUT2D eigenvalue weighted by atomic mass is 10.1. The van der Waals surface area contributed by atoms with Gasteiger partial charge in [0.05, 0.1) is 12.1 Å². The Kier molecular flexibility index (Phi) is 3.55. The van der Waals surface area contributed by atoms with Gasteiger partial charge in [0.25, 0.3) is 0 Å². The number of aromatic carboxylic acids is 1. The monoisotopic (exact) mass is 336 g/mol. The van der Waals surface area contributed by atoms with Crippen molar-refractivity contribution in [2.75, 3.05) is 5.32 Å². The lowest BCUT2D eigenvalue weighted by Gasteiger charge is -2.04. The molecule has 7 heteroatoms. The van der Waals surface area contributed by atoms with E-state index in [1.54, 1.807) is 24.3 Å². The van der Waals surface area contributed by atoms with Crippen molar-refractivity contribution in [3.05, 3.63) is 59.2 Å². The molecule has 0 unspecified atom stereocenters. The van der Waals surface area contributed by atoms with Gasteiger partial charge in [-0.3, -0.25) is 4.99 Å². The van der Waals surface area contributed by atoms with Crippen molar-refractivity contribution in [3.8, 4) is 10.6 Å². The number of hydrogen-bond donors (Lipinski definition) is 2. The van der Waals surface area contributed by atoms with Crippen LogP contribution >= 0.6 is 11.3 Å². The van der Waals surface area contributed by atoms with E-state index in [1.807, 2.05) is 24.4 Å². The Bertz CT molecular complexity index is 965. The molecule has 2 N–H and O–H groups in total. The third-order valence-corrected chi connectivity index (χ3v) is 4.57. The Morgan fingerprint density at radius 1 is 1.17 bits per heavy atom. The molecule has 2 aromatic carbocycles. The van der Waals surface area contributed by atoms with Crippen molar-refractivity contribution in [1.29, 1.82) is 0 Å². The molecule has 0 fully saturated rings. The fraction of sp³-hybridized carbons (Fsp3) is 0.0588. The fourth-order valence-corrected chi connectivity index (χ4v) is 3.34. The lowest BCUT2D eigenvalue weighted by Crippen LogP contribution is -1.98. The summed E-state index contributed by atoms with van der Waals surface area (Å²) in [6.45, 7) is 0.727. The zero-order valence-corrected chi connectivity index (χ0v) is 13.2. The number of carbonyl (C=O) groups is 1. The Morgan fingerprint density at radius 2 is 2.04 bits per heavy atom. The van der Waals surface area contributed by atoms with Crippen LogP contribution in [0, 0.1) is 0 Å². The molecule has 0 spiro atoms. The van der Waals surface area contributed by atoms with E-state index in [0.717, 1.165) is 17.8 Å². The van der Waals surface area contributed by atoms with Crippen LogP contribution in [-0.4, -0.2) is 27.5 Å². The summed E-state index contributed by atoms with van der Waals surface area (Å²) in [6.07, 6.45) is 1.86. The zero-order chi connectivity index (χ0) is 16.5. The van der Waals surface area contributed by atoms with Crippen LogP contribution in [-0.2, 0) is 6.54 Å². The molecule has 2 heterocycles. The van der Waals surface area contributed by atoms with Gasteiger partial charge in [-0.2, -0.15) is 0 Å². The van der Waals surface area contributed by atoms with E-state index >= 15 is 0 Å². The number of aromatic nitrogens is 2. The maximum Gasteiger partial charge on any atom is 0.336 e. The van der Waals surface area contributed by atoms with E-state index in [4.69, 9.17) is 0 Å². The summed E-state index contributed by atoms with van der Waals surface area (Å²) in [7, 11) is 0. The van der Waals surface area contributed by atoms with Crippen LogP contribution in [0.2, 0.25) is 0 Å². The average molecular weight is 336 g/mol. The quantitative estimate of drug-likeness (QED) is 0.760. The van der Waals surface area contributed by atoms with Gasteiger partial charge in [-0.25, -0.2) is 4.79 Å². The van der Waals surface area contributed by atoms with Crippen molar-refractivity contribution in [3.63, 3.8) is 0 Å². The van der Waals surface area contributed by atoms with Crippen LogP contribution in [0.1, 0.15) is 21.5 Å². The molecule has 1 aliphatic heterocycles. The van der Waals surface area contributed by atoms with Gasteiger partial charge in [0.2, 0.25) is 5.13 Å². The third kappa shape index (κ3) is 2.65. The predicted octanol–water partition coefficient (Wildman–Crippen LogP) is 3.58. The second-order valence-corrected chi connectivity index (χ2v) is 6.25. The summed E-state index contributed by atoms with van der Waals surface area (Å²) in [5.74, 6) is -0.979. The van der Waals surface area contributed by atoms with Crippen LogP contribution < -0.4 is 5.32 Å². The Labute approximate surface area is 141 Å². The van der Waals surface area contributed by atoms with Crippen molar-refractivity contribution >= 4 is 34.3 Å². The van der Waals surface area contributed by atoms with Crippen molar-refractivity contribution in [2.24, 2.45) is 4.99 Å². The highest BCUT2D eigenvalue weighted by molar-refractivity contribution is 7.18. The van der Waals surface area contributed by atoms with E-state index < -0.39 is 5.97 Å². The number of benzene rings is 2. The van der Waals surface area contributed by atoms with E-state index in [0.29, 0.717) is 15.7 Å². The summed E-state index contributed by atoms with van der Waals surface area (Å²) in [5.41, 5.74) is 3.98. The predicted molar refractivity (Wildman–Crippen MR) is 93.3 cm³/mol. The van der Waals surface area contributed by atoms with E-state index in [-0.39, 0.29) is 5.56 Å². The smallest absolute Gasteiger partial charge is 0.336 e. The molecule has 0 atom stereocenters. The largest absolute Gasteiger partial charge is 0.478 e. The highest BCUT2D eigenvalue weighted by Gasteiger charge is 2.15. The minimum absolute atomic E-state index is 0.217. The summed E-state index contributed by atoms with van der Waals surface area (Å²) >= 11 is 1.32. The van der Waals surface area contributed by atoms with Crippen molar-refractivity contribution in [1.82, 2.24) is 10.2 Å². The molecule has 0 bridgehead atoms. The fourth-order valence-electron chi connectivity index (χ4n) is 2.54. The number of fused-ring (bicyclic) bond motifs is 1. The number of anilines is 2. The number of aliphatic imine (C=N–C) groups is 1. The Balaban J connectivity index is 1.62. The van der Waals surface area contributed by atoms with Crippen LogP contribution in [0.15, 0.2) is 47.5 Å². The summed E-state index contributed by atoms with van der Waals surface area (Å²) < 4.78 is 0. The second-order valence-electron chi connectivity index (χ2n) is 5.27. The Morgan fingerprint density at radius 3 is 2.92 bits per heavy atom. The maximum atomic E-state index is 11.3. The first-order chi connectivity index (χ1) is 11.7. The van der Waals surface area contributed by atoms with Crippen LogP contribution in [0.4, 0.5) is 10.8 Å². The van der Waals surface area contributed by atoms with Gasteiger partial charge < -0.3 is 10.4 Å². The maximum absolute atomic E-state index is 11.3. The summed E-state index contributed by atoms with van der Waals surface area (Å²) in [4.78, 5) is 15.6. The number of nitrogens with zero attached hydrogens (tertiary/aromatic N) is 3. The number of hydrogen-bond acceptors (Lipinski definition) is 6. The van der Waals surface area contributed by atoms with E-state index in [1.165, 1.54) is 16.9 Å². The summed E-state index contributed by atoms with van der Waals surface area (Å²) in [5, 5.41) is 21.9. The van der Waals surface area contributed by atoms with Gasteiger partial charge >= 0.3 is 5.97 Å². The molecule has 118 valence electrons. The van der Waals surface area contributed by atoms with Gasteiger partial charge in [-0.05, 0) is 29.3 Å². The molecule has 24 heavy (non-hydrogen) atoms. The molecule has 0 aliphatic carbocycles. The van der Waals surface area contributed by atoms with Crippen molar-refractivity contribution < 1.29 is 9.90 Å². The van der Waals surface area contributed by atoms with Gasteiger partial charge in [0, 0.05) is 17.5 Å². The second kappa shape index (κ2) is 5.86. The number of nitrogens with one attached hydrogen (secondary N) is 1. The minimum Gasteiger partial charge on any atom is -0.478 e. The molecular formula is C17H12N4O2S. The molecule has 0 amide bonds. The molecule has 0 saturated carbocycles. The number of rotatable bonds is 4. The molecular weight excluding hydrogens is 324 g/mol. The molecule has 4 rings (SSSR count). The zero-order valence-electron chi connectivity index (χ0n) is 12.4. The molecule has 1 aromatic heterocycles. The molecule has 0 saturated heterocycles. The van der Waals surface area contributed by atoms with Crippen molar-refractivity contribution in [2.45, 2.75) is 6.54 Å². The average Bonchev–Trinajstić information content (AvgIpc) is 3.23. The molecule has 0 radical (unpaired) electrons. The molecule has 3 aromatic rings. The Hall–Kier alpha value is -3.06. The first-order valence-electron chi connectivity index (χ1n) is 7.27. The first-order valence-corrected chi connectivity index (χ1v) is 8.08. The van der Waals surface area contributed by atoms with E-state index in [9.17, 15) is 9.90 Å². The SMILES string of the molecule is O=C(O)c1ccccc1-c1nnc(Nc2ccc3c(c2)C=NC3)s1. The van der Waals surface area contributed by atoms with Gasteiger partial charge in [0.1, 0.15) is 5.01 Å². The van der Waals surface area contributed by atoms with Crippen LogP contribution in [0.5, 0.6) is 0 Å². The van der Waals surface area contributed by atoms with Crippen LogP contribution in [0.3, 0.4) is 0 Å². The lowest BCUT2D eigenvalue weighted by molar-refractivity contribution is 0.0697. The van der Waals surface area contributed by atoms with Crippen LogP contribution in [0.25, 0.3) is 10.6 Å². The number of carboxylic acids is 1.